The highest BCUT2D eigenvalue weighted by atomic mass is 32.1. The molecule has 0 aliphatic carbocycles. The summed E-state index contributed by atoms with van der Waals surface area (Å²) in [6.45, 7) is 3.68. The minimum atomic E-state index is -0.687. The standard InChI is InChI=1S/C26H25NO8S/c1-4-32-19-8-6-5-7-17(19)25(29)33-13-22(28)27-24-23(26(30)31-3)18(15(2)36-24)11-16-9-10-20-21(12-16)35-14-34-20/h5-10,12H,4,11,13-14H2,1-3H3,(H,27,28). The van der Waals surface area contributed by atoms with Crippen LogP contribution in [0.25, 0.3) is 0 Å². The smallest absolute Gasteiger partial charge is 0.342 e. The van der Waals surface area contributed by atoms with Crippen molar-refractivity contribution in [1.29, 1.82) is 0 Å². The van der Waals surface area contributed by atoms with Crippen LogP contribution in [-0.4, -0.2) is 45.0 Å². The van der Waals surface area contributed by atoms with Crippen molar-refractivity contribution in [3.63, 3.8) is 0 Å². The third kappa shape index (κ3) is 5.44. The molecule has 188 valence electrons. The zero-order chi connectivity index (χ0) is 25.7. The van der Waals surface area contributed by atoms with Crippen molar-refractivity contribution in [2.45, 2.75) is 20.3 Å². The van der Waals surface area contributed by atoms with Crippen LogP contribution in [0.3, 0.4) is 0 Å². The lowest BCUT2D eigenvalue weighted by Crippen LogP contribution is -2.22. The van der Waals surface area contributed by atoms with Gasteiger partial charge < -0.3 is 29.0 Å². The normalized spacial score (nSPS) is 11.6. The van der Waals surface area contributed by atoms with Gasteiger partial charge in [-0.05, 0) is 55.7 Å². The molecule has 0 bridgehead atoms. The SMILES string of the molecule is CCOc1ccccc1C(=O)OCC(=O)Nc1sc(C)c(Cc2ccc3c(c2)OCO3)c1C(=O)OC. The lowest BCUT2D eigenvalue weighted by atomic mass is 10.0. The topological polar surface area (TPSA) is 109 Å². The predicted molar refractivity (Wildman–Crippen MR) is 132 cm³/mol. The van der Waals surface area contributed by atoms with Crippen molar-refractivity contribution in [2.75, 3.05) is 32.4 Å². The number of anilines is 1. The zero-order valence-electron chi connectivity index (χ0n) is 20.0. The van der Waals surface area contributed by atoms with Crippen molar-refractivity contribution in [2.24, 2.45) is 0 Å². The van der Waals surface area contributed by atoms with Gasteiger partial charge in [0.2, 0.25) is 6.79 Å². The Morgan fingerprint density at radius 3 is 2.61 bits per heavy atom. The lowest BCUT2D eigenvalue weighted by Gasteiger charge is -2.10. The van der Waals surface area contributed by atoms with E-state index in [4.69, 9.17) is 23.7 Å². The third-order valence-electron chi connectivity index (χ3n) is 5.41. The van der Waals surface area contributed by atoms with E-state index in [1.165, 1.54) is 18.4 Å². The number of hydrogen-bond donors (Lipinski definition) is 1. The lowest BCUT2D eigenvalue weighted by molar-refractivity contribution is -0.119. The molecule has 0 fully saturated rings. The number of fused-ring (bicyclic) bond motifs is 1. The summed E-state index contributed by atoms with van der Waals surface area (Å²) in [5, 5.41) is 3.01. The van der Waals surface area contributed by atoms with Crippen LogP contribution in [0.1, 0.15) is 43.6 Å². The molecule has 1 aliphatic rings. The summed E-state index contributed by atoms with van der Waals surface area (Å²) >= 11 is 1.25. The van der Waals surface area contributed by atoms with E-state index in [1.807, 2.05) is 25.1 Å². The minimum Gasteiger partial charge on any atom is -0.493 e. The van der Waals surface area contributed by atoms with Gasteiger partial charge in [0.25, 0.3) is 5.91 Å². The number of ether oxygens (including phenoxy) is 5. The van der Waals surface area contributed by atoms with Crippen LogP contribution < -0.4 is 19.5 Å². The first-order valence-electron chi connectivity index (χ1n) is 11.2. The van der Waals surface area contributed by atoms with Crippen LogP contribution in [0, 0.1) is 6.92 Å². The molecule has 1 amide bonds. The van der Waals surface area contributed by atoms with E-state index in [-0.39, 0.29) is 17.9 Å². The zero-order valence-corrected chi connectivity index (χ0v) is 20.9. The van der Waals surface area contributed by atoms with Crippen molar-refractivity contribution in [1.82, 2.24) is 0 Å². The number of benzene rings is 2. The molecule has 2 aromatic carbocycles. The average Bonchev–Trinajstić information content (AvgIpc) is 3.46. The Labute approximate surface area is 211 Å². The maximum atomic E-state index is 12.7. The van der Waals surface area contributed by atoms with Crippen LogP contribution in [0.5, 0.6) is 17.2 Å². The molecule has 1 aliphatic heterocycles. The van der Waals surface area contributed by atoms with Gasteiger partial charge in [-0.25, -0.2) is 9.59 Å². The minimum absolute atomic E-state index is 0.168. The van der Waals surface area contributed by atoms with E-state index in [0.717, 1.165) is 16.0 Å². The Balaban J connectivity index is 1.48. The number of amides is 1. The van der Waals surface area contributed by atoms with E-state index in [2.05, 4.69) is 5.32 Å². The molecule has 0 unspecified atom stereocenters. The van der Waals surface area contributed by atoms with Gasteiger partial charge in [-0.2, -0.15) is 0 Å². The van der Waals surface area contributed by atoms with E-state index in [1.54, 1.807) is 31.2 Å². The molecular weight excluding hydrogens is 486 g/mol. The largest absolute Gasteiger partial charge is 0.493 e. The van der Waals surface area contributed by atoms with E-state index < -0.39 is 24.5 Å². The number of aryl methyl sites for hydroxylation is 1. The van der Waals surface area contributed by atoms with Crippen molar-refractivity contribution in [3.8, 4) is 17.2 Å². The molecule has 4 rings (SSSR count). The maximum absolute atomic E-state index is 12.7. The van der Waals surface area contributed by atoms with Crippen LogP contribution in [-0.2, 0) is 20.7 Å². The van der Waals surface area contributed by atoms with Crippen molar-refractivity contribution >= 4 is 34.2 Å². The Morgan fingerprint density at radius 2 is 1.83 bits per heavy atom. The second-order valence-corrected chi connectivity index (χ2v) is 8.98. The number of methoxy groups -OCH3 is 1. The highest BCUT2D eigenvalue weighted by molar-refractivity contribution is 7.16. The number of hydrogen-bond acceptors (Lipinski definition) is 9. The number of rotatable bonds is 9. The quantitative estimate of drug-likeness (QED) is 0.422. The second-order valence-electron chi connectivity index (χ2n) is 7.75. The van der Waals surface area contributed by atoms with Crippen molar-refractivity contribution in [3.05, 3.63) is 69.6 Å². The summed E-state index contributed by atoms with van der Waals surface area (Å²) < 4.78 is 26.4. The van der Waals surface area contributed by atoms with Gasteiger partial charge in [0, 0.05) is 4.88 Å². The summed E-state index contributed by atoms with van der Waals surface area (Å²) in [5.74, 6) is -0.165. The molecule has 10 heteroatoms. The van der Waals surface area contributed by atoms with E-state index >= 15 is 0 Å². The Kier molecular flexibility index (Phi) is 7.74. The molecule has 36 heavy (non-hydrogen) atoms. The fourth-order valence-corrected chi connectivity index (χ4v) is 4.82. The molecule has 1 aromatic heterocycles. The van der Waals surface area contributed by atoms with E-state index in [0.29, 0.717) is 35.3 Å². The van der Waals surface area contributed by atoms with Gasteiger partial charge in [0.1, 0.15) is 16.3 Å². The van der Waals surface area contributed by atoms with Gasteiger partial charge in [-0.15, -0.1) is 11.3 Å². The highest BCUT2D eigenvalue weighted by Crippen LogP contribution is 2.37. The highest BCUT2D eigenvalue weighted by Gasteiger charge is 2.25. The monoisotopic (exact) mass is 511 g/mol. The van der Waals surface area contributed by atoms with Crippen molar-refractivity contribution < 1.29 is 38.1 Å². The molecular formula is C26H25NO8S. The van der Waals surface area contributed by atoms with Crippen LogP contribution >= 0.6 is 11.3 Å². The van der Waals surface area contributed by atoms with Crippen LogP contribution in [0.2, 0.25) is 0 Å². The van der Waals surface area contributed by atoms with Gasteiger partial charge in [-0.1, -0.05) is 18.2 Å². The molecule has 0 saturated heterocycles. The Bertz CT molecular complexity index is 1300. The Hall–Kier alpha value is -4.05. The van der Waals surface area contributed by atoms with Gasteiger partial charge in [-0.3, -0.25) is 4.79 Å². The van der Waals surface area contributed by atoms with Gasteiger partial charge in [0.05, 0.1) is 19.3 Å². The number of thiophene rings is 1. The summed E-state index contributed by atoms with van der Waals surface area (Å²) in [5.41, 5.74) is 2.12. The first kappa shape index (κ1) is 25.1. The second kappa shape index (κ2) is 11.1. The number of carbonyl (C=O) groups excluding carboxylic acids is 3. The summed E-state index contributed by atoms with van der Waals surface area (Å²) in [6.07, 6.45) is 0.419. The average molecular weight is 512 g/mol. The van der Waals surface area contributed by atoms with Gasteiger partial charge >= 0.3 is 11.9 Å². The van der Waals surface area contributed by atoms with Crippen LogP contribution in [0.15, 0.2) is 42.5 Å². The number of para-hydroxylation sites is 1. The number of nitrogens with one attached hydrogen (secondary N) is 1. The molecule has 9 nitrogen and oxygen atoms in total. The first-order chi connectivity index (χ1) is 17.4. The van der Waals surface area contributed by atoms with E-state index in [9.17, 15) is 14.4 Å². The molecule has 2 heterocycles. The fourth-order valence-electron chi connectivity index (χ4n) is 3.74. The molecule has 0 saturated carbocycles. The summed E-state index contributed by atoms with van der Waals surface area (Å²) in [4.78, 5) is 38.6. The molecule has 1 N–H and O–H groups in total. The number of carbonyl (C=O) groups is 3. The summed E-state index contributed by atoms with van der Waals surface area (Å²) in [6, 6.07) is 12.2. The first-order valence-corrected chi connectivity index (χ1v) is 12.0. The number of esters is 2. The Morgan fingerprint density at radius 1 is 1.06 bits per heavy atom. The molecule has 0 radical (unpaired) electrons. The third-order valence-corrected chi connectivity index (χ3v) is 6.47. The van der Waals surface area contributed by atoms with Gasteiger partial charge in [0.15, 0.2) is 18.1 Å². The molecule has 0 spiro atoms. The molecule has 3 aromatic rings. The predicted octanol–water partition coefficient (Wildman–Crippen LogP) is 4.36. The van der Waals surface area contributed by atoms with Crippen LogP contribution in [0.4, 0.5) is 5.00 Å². The molecule has 0 atom stereocenters. The maximum Gasteiger partial charge on any atom is 0.342 e. The fraction of sp³-hybridized carbons (Fsp3) is 0.269. The summed E-state index contributed by atoms with van der Waals surface area (Å²) in [7, 11) is 1.28.